The number of halogens is 3. The second-order valence-electron chi connectivity index (χ2n) is 5.75. The molecule has 0 aliphatic heterocycles. The monoisotopic (exact) mass is 402 g/mol. The maximum absolute atomic E-state index is 12.9. The summed E-state index contributed by atoms with van der Waals surface area (Å²) in [4.78, 5) is 23.1. The summed E-state index contributed by atoms with van der Waals surface area (Å²) in [6.07, 6.45) is 3.08. The quantitative estimate of drug-likeness (QED) is 0.300. The molecule has 0 bridgehead atoms. The molecule has 0 N–H and O–H groups in total. The van der Waals surface area contributed by atoms with E-state index in [0.29, 0.717) is 5.56 Å². The Morgan fingerprint density at radius 3 is 2.38 bits per heavy atom. The van der Waals surface area contributed by atoms with E-state index in [1.165, 1.54) is 25.3 Å². The number of ether oxygens (including phenoxy) is 2. The van der Waals surface area contributed by atoms with Gasteiger partial charge in [0, 0.05) is 10.5 Å². The Morgan fingerprint density at radius 2 is 1.81 bits per heavy atom. The zero-order valence-corrected chi connectivity index (χ0v) is 16.7. The third kappa shape index (κ3) is 7.00. The molecule has 142 valence electrons. The van der Waals surface area contributed by atoms with E-state index < -0.39 is 17.4 Å². The van der Waals surface area contributed by atoms with Crippen molar-refractivity contribution in [3.8, 4) is 5.75 Å². The third-order valence-electron chi connectivity index (χ3n) is 4.00. The van der Waals surface area contributed by atoms with Crippen molar-refractivity contribution in [1.29, 1.82) is 0 Å². The van der Waals surface area contributed by atoms with Crippen LogP contribution in [0.3, 0.4) is 0 Å². The van der Waals surface area contributed by atoms with Crippen LogP contribution in [0.4, 0.5) is 13.2 Å². The Labute approximate surface area is 173 Å². The molecule has 0 amide bonds. The SMILES string of the molecule is COC(=O)CCC(=O)Oc1cccc(SC(F)(F)F)c1C1CCCC1.[H-].[H-].[Mg+2]. The summed E-state index contributed by atoms with van der Waals surface area (Å²) < 4.78 is 48.3. The van der Waals surface area contributed by atoms with E-state index >= 15 is 0 Å². The standard InChI is InChI=1S/C17H19F3O4S.Mg.2H/c1-23-14(21)9-10-15(22)24-12-7-4-8-13(25-17(18,19)20)16(12)11-5-2-3-6-11;;;/h4,7-8,11H,2-3,5-6,9-10H2,1H3;;;/q;+2;2*-1. The van der Waals surface area contributed by atoms with Crippen molar-refractivity contribution >= 4 is 46.8 Å². The van der Waals surface area contributed by atoms with Gasteiger partial charge in [0.15, 0.2) is 0 Å². The minimum atomic E-state index is -4.42. The van der Waals surface area contributed by atoms with Crippen LogP contribution in [-0.2, 0) is 14.3 Å². The first kappa shape index (κ1) is 23.1. The van der Waals surface area contributed by atoms with Crippen molar-refractivity contribution < 1.29 is 35.1 Å². The van der Waals surface area contributed by atoms with Gasteiger partial charge in [-0.05, 0) is 42.7 Å². The molecule has 0 radical (unpaired) electrons. The predicted molar refractivity (Wildman–Crippen MR) is 94.4 cm³/mol. The molecule has 0 aromatic heterocycles. The van der Waals surface area contributed by atoms with Crippen LogP contribution in [0.15, 0.2) is 23.1 Å². The predicted octanol–water partition coefficient (Wildman–Crippen LogP) is 4.66. The van der Waals surface area contributed by atoms with E-state index in [2.05, 4.69) is 4.74 Å². The zero-order chi connectivity index (χ0) is 18.4. The molecule has 2 rings (SSSR count). The molecule has 4 nitrogen and oxygen atoms in total. The summed E-state index contributed by atoms with van der Waals surface area (Å²) in [5.74, 6) is -1.13. The Kier molecular flexibility index (Phi) is 9.25. The van der Waals surface area contributed by atoms with Crippen LogP contribution in [0.25, 0.3) is 0 Å². The molecule has 9 heteroatoms. The van der Waals surface area contributed by atoms with E-state index in [9.17, 15) is 22.8 Å². The van der Waals surface area contributed by atoms with E-state index in [4.69, 9.17) is 4.74 Å². The summed E-state index contributed by atoms with van der Waals surface area (Å²) in [6.45, 7) is 0. The van der Waals surface area contributed by atoms with E-state index in [1.54, 1.807) is 0 Å². The number of esters is 2. The molecule has 1 aromatic carbocycles. The van der Waals surface area contributed by atoms with E-state index in [-0.39, 0.29) is 67.1 Å². The fourth-order valence-corrected chi connectivity index (χ4v) is 3.70. The normalized spacial score (nSPS) is 14.6. The summed E-state index contributed by atoms with van der Waals surface area (Å²) >= 11 is -0.188. The molecule has 1 fully saturated rings. The fourth-order valence-electron chi connectivity index (χ4n) is 2.92. The topological polar surface area (TPSA) is 52.6 Å². The molecule has 1 aliphatic carbocycles. The van der Waals surface area contributed by atoms with Gasteiger partial charge in [0.25, 0.3) is 0 Å². The van der Waals surface area contributed by atoms with Gasteiger partial charge in [0.1, 0.15) is 5.75 Å². The second-order valence-corrected chi connectivity index (χ2v) is 6.85. The molecule has 26 heavy (non-hydrogen) atoms. The van der Waals surface area contributed by atoms with Crippen LogP contribution in [0, 0.1) is 0 Å². The third-order valence-corrected chi connectivity index (χ3v) is 4.81. The largest absolute Gasteiger partial charge is 2.00 e. The minimum Gasteiger partial charge on any atom is -1.00 e. The molecule has 1 aliphatic rings. The first-order valence-corrected chi connectivity index (χ1v) is 8.78. The maximum Gasteiger partial charge on any atom is 2.00 e. The zero-order valence-electron chi connectivity index (χ0n) is 16.4. The number of alkyl halides is 3. The van der Waals surface area contributed by atoms with Crippen LogP contribution in [-0.4, -0.2) is 47.6 Å². The maximum atomic E-state index is 12.9. The van der Waals surface area contributed by atoms with Gasteiger partial charge in [-0.2, -0.15) is 13.2 Å². The molecule has 1 aromatic rings. The van der Waals surface area contributed by atoms with Crippen molar-refractivity contribution in [2.75, 3.05) is 7.11 Å². The van der Waals surface area contributed by atoms with Gasteiger partial charge >= 0.3 is 40.5 Å². The molecular weight excluding hydrogens is 382 g/mol. The van der Waals surface area contributed by atoms with Gasteiger partial charge < -0.3 is 12.3 Å². The number of carbonyl (C=O) groups excluding carboxylic acids is 2. The number of hydrogen-bond acceptors (Lipinski definition) is 5. The van der Waals surface area contributed by atoms with Crippen LogP contribution in [0.2, 0.25) is 0 Å². The minimum absolute atomic E-state index is 0. The average molecular weight is 403 g/mol. The summed E-state index contributed by atoms with van der Waals surface area (Å²) in [6, 6.07) is 4.34. The van der Waals surface area contributed by atoms with Crippen LogP contribution in [0.5, 0.6) is 5.75 Å². The van der Waals surface area contributed by atoms with E-state index in [1.807, 2.05) is 0 Å². The molecular formula is C17H21F3MgO4S. The summed E-state index contributed by atoms with van der Waals surface area (Å²) in [5.41, 5.74) is -3.98. The van der Waals surface area contributed by atoms with Crippen LogP contribution < -0.4 is 4.74 Å². The van der Waals surface area contributed by atoms with Crippen molar-refractivity contribution in [2.24, 2.45) is 0 Å². The van der Waals surface area contributed by atoms with Crippen LogP contribution in [0.1, 0.15) is 52.9 Å². The van der Waals surface area contributed by atoms with Gasteiger partial charge in [-0.15, -0.1) is 0 Å². The molecule has 0 atom stereocenters. The average Bonchev–Trinajstić information content (AvgIpc) is 3.05. The van der Waals surface area contributed by atoms with Gasteiger partial charge in [-0.25, -0.2) is 0 Å². The molecule has 0 unspecified atom stereocenters. The molecule has 1 saturated carbocycles. The molecule has 0 saturated heterocycles. The number of benzene rings is 1. The Hall–Kier alpha value is -0.934. The second kappa shape index (κ2) is 10.4. The Morgan fingerprint density at radius 1 is 1.19 bits per heavy atom. The van der Waals surface area contributed by atoms with Crippen molar-refractivity contribution in [3.63, 3.8) is 0 Å². The number of carbonyl (C=O) groups is 2. The smallest absolute Gasteiger partial charge is 1.00 e. The van der Waals surface area contributed by atoms with E-state index in [0.717, 1.165) is 25.7 Å². The summed E-state index contributed by atoms with van der Waals surface area (Å²) in [7, 11) is 1.21. The Balaban J connectivity index is 0. The first-order chi connectivity index (χ1) is 11.8. The van der Waals surface area contributed by atoms with Gasteiger partial charge in [-0.3, -0.25) is 9.59 Å². The number of methoxy groups -OCH3 is 1. The van der Waals surface area contributed by atoms with Crippen molar-refractivity contribution in [2.45, 2.75) is 54.8 Å². The number of hydrogen-bond donors (Lipinski definition) is 0. The number of rotatable bonds is 6. The first-order valence-electron chi connectivity index (χ1n) is 7.96. The molecule has 0 spiro atoms. The Bertz CT molecular complexity index is 641. The van der Waals surface area contributed by atoms with Gasteiger partial charge in [0.05, 0.1) is 20.0 Å². The fraction of sp³-hybridized carbons (Fsp3) is 0.529. The number of thioether (sulfide) groups is 1. The van der Waals surface area contributed by atoms with Crippen molar-refractivity contribution in [1.82, 2.24) is 0 Å². The van der Waals surface area contributed by atoms with Gasteiger partial charge in [0.2, 0.25) is 0 Å². The van der Waals surface area contributed by atoms with Crippen LogP contribution >= 0.6 is 11.8 Å². The molecule has 0 heterocycles. The summed E-state index contributed by atoms with van der Waals surface area (Å²) in [5, 5.41) is 0. The van der Waals surface area contributed by atoms with Crippen molar-refractivity contribution in [3.05, 3.63) is 23.8 Å². The van der Waals surface area contributed by atoms with Gasteiger partial charge in [-0.1, -0.05) is 18.9 Å².